The van der Waals surface area contributed by atoms with Gasteiger partial charge >= 0.3 is 0 Å². The van der Waals surface area contributed by atoms with Crippen molar-refractivity contribution in [3.05, 3.63) is 58.6 Å². The highest BCUT2D eigenvalue weighted by Gasteiger charge is 2.56. The number of amides is 2. The number of para-hydroxylation sites is 1. The molecule has 0 radical (unpaired) electrons. The second kappa shape index (κ2) is 6.77. The Bertz CT molecular complexity index is 767. The topological polar surface area (TPSA) is 58.2 Å². The van der Waals surface area contributed by atoms with Crippen molar-refractivity contribution < 1.29 is 9.59 Å². The van der Waals surface area contributed by atoms with Gasteiger partial charge in [0.05, 0.1) is 5.69 Å². The quantitative estimate of drug-likeness (QED) is 0.749. The number of carbonyl (C=O) groups excluding carboxylic acids is 2. The molecule has 0 unspecified atom stereocenters. The maximum Gasteiger partial charge on any atom is 0.240 e. The van der Waals surface area contributed by atoms with Crippen LogP contribution >= 0.6 is 15.9 Å². The smallest absolute Gasteiger partial charge is 0.240 e. The zero-order valence-corrected chi connectivity index (χ0v) is 15.0. The molecule has 0 saturated heterocycles. The molecular formula is C19H19BrN2O2. The van der Waals surface area contributed by atoms with Crippen LogP contribution in [0.1, 0.15) is 25.3 Å². The Hall–Kier alpha value is -2.14. The van der Waals surface area contributed by atoms with Gasteiger partial charge in [0.15, 0.2) is 0 Å². The van der Waals surface area contributed by atoms with E-state index in [2.05, 4.69) is 33.5 Å². The van der Waals surface area contributed by atoms with Crippen molar-refractivity contribution in [2.75, 3.05) is 10.6 Å². The molecule has 5 heteroatoms. The summed E-state index contributed by atoms with van der Waals surface area (Å²) in [4.78, 5) is 25.2. The van der Waals surface area contributed by atoms with Gasteiger partial charge in [-0.05, 0) is 65.0 Å². The SMILES string of the molecule is CCc1ccc(NC(=O)C2(C(=O)Nc3ccccc3Br)CC2)cc1. The van der Waals surface area contributed by atoms with Crippen molar-refractivity contribution in [3.8, 4) is 0 Å². The van der Waals surface area contributed by atoms with Gasteiger partial charge in [0.2, 0.25) is 11.8 Å². The van der Waals surface area contributed by atoms with E-state index in [4.69, 9.17) is 0 Å². The Kier molecular flexibility index (Phi) is 4.71. The molecule has 0 heterocycles. The largest absolute Gasteiger partial charge is 0.325 e. The van der Waals surface area contributed by atoms with Crippen LogP contribution in [0.5, 0.6) is 0 Å². The van der Waals surface area contributed by atoms with Crippen molar-refractivity contribution in [2.24, 2.45) is 5.41 Å². The van der Waals surface area contributed by atoms with E-state index in [0.717, 1.165) is 16.6 Å². The molecule has 2 aromatic carbocycles. The molecule has 0 atom stereocenters. The molecule has 2 N–H and O–H groups in total. The number of hydrogen-bond acceptors (Lipinski definition) is 2. The summed E-state index contributed by atoms with van der Waals surface area (Å²) in [5.74, 6) is -0.492. The van der Waals surface area contributed by atoms with Crippen LogP contribution in [0.4, 0.5) is 11.4 Å². The number of aryl methyl sites for hydroxylation is 1. The van der Waals surface area contributed by atoms with Crippen LogP contribution in [0, 0.1) is 5.41 Å². The highest BCUT2D eigenvalue weighted by Crippen LogP contribution is 2.47. The minimum atomic E-state index is -0.960. The predicted molar refractivity (Wildman–Crippen MR) is 98.9 cm³/mol. The zero-order chi connectivity index (χ0) is 17.2. The minimum absolute atomic E-state index is 0.240. The number of nitrogens with one attached hydrogen (secondary N) is 2. The number of rotatable bonds is 5. The predicted octanol–water partition coefficient (Wildman–Crippen LogP) is 4.37. The van der Waals surface area contributed by atoms with E-state index in [-0.39, 0.29) is 11.8 Å². The Morgan fingerprint density at radius 2 is 1.62 bits per heavy atom. The molecule has 4 nitrogen and oxygen atoms in total. The van der Waals surface area contributed by atoms with E-state index in [1.807, 2.05) is 42.5 Å². The summed E-state index contributed by atoms with van der Waals surface area (Å²) in [5.41, 5.74) is 1.64. The third-order valence-corrected chi connectivity index (χ3v) is 5.05. The summed E-state index contributed by atoms with van der Waals surface area (Å²) < 4.78 is 0.796. The first kappa shape index (κ1) is 16.7. The fourth-order valence-corrected chi connectivity index (χ4v) is 2.95. The van der Waals surface area contributed by atoms with E-state index < -0.39 is 5.41 Å². The van der Waals surface area contributed by atoms with Gasteiger partial charge in [0.25, 0.3) is 0 Å². The Labute approximate surface area is 149 Å². The van der Waals surface area contributed by atoms with Crippen LogP contribution in [0.15, 0.2) is 53.0 Å². The molecule has 1 saturated carbocycles. The first-order chi connectivity index (χ1) is 11.5. The number of carbonyl (C=O) groups is 2. The van der Waals surface area contributed by atoms with Crippen molar-refractivity contribution in [3.63, 3.8) is 0 Å². The average molecular weight is 387 g/mol. The Morgan fingerprint density at radius 1 is 1.00 bits per heavy atom. The molecule has 0 aromatic heterocycles. The fourth-order valence-electron chi connectivity index (χ4n) is 2.56. The summed E-state index contributed by atoms with van der Waals surface area (Å²) in [6, 6.07) is 15.1. The molecule has 2 amide bonds. The first-order valence-corrected chi connectivity index (χ1v) is 8.81. The monoisotopic (exact) mass is 386 g/mol. The molecule has 1 fully saturated rings. The van der Waals surface area contributed by atoms with Crippen molar-refractivity contribution >= 4 is 39.1 Å². The normalized spacial score (nSPS) is 14.8. The number of benzene rings is 2. The molecule has 0 bridgehead atoms. The van der Waals surface area contributed by atoms with Gasteiger partial charge in [-0.25, -0.2) is 0 Å². The molecule has 24 heavy (non-hydrogen) atoms. The number of halogens is 1. The third-order valence-electron chi connectivity index (χ3n) is 4.36. The molecule has 0 spiro atoms. The Balaban J connectivity index is 1.69. The summed E-state index contributed by atoms with van der Waals surface area (Å²) >= 11 is 3.40. The molecule has 1 aliphatic carbocycles. The van der Waals surface area contributed by atoms with E-state index in [0.29, 0.717) is 18.5 Å². The lowest BCUT2D eigenvalue weighted by Gasteiger charge is -2.16. The highest BCUT2D eigenvalue weighted by molar-refractivity contribution is 9.10. The van der Waals surface area contributed by atoms with E-state index in [9.17, 15) is 9.59 Å². The van der Waals surface area contributed by atoms with Crippen LogP contribution in [0.25, 0.3) is 0 Å². The minimum Gasteiger partial charge on any atom is -0.325 e. The Morgan fingerprint density at radius 3 is 2.21 bits per heavy atom. The van der Waals surface area contributed by atoms with Crippen LogP contribution in [-0.2, 0) is 16.0 Å². The highest BCUT2D eigenvalue weighted by atomic mass is 79.9. The number of hydrogen-bond donors (Lipinski definition) is 2. The van der Waals surface area contributed by atoms with E-state index in [1.165, 1.54) is 5.56 Å². The van der Waals surface area contributed by atoms with Gasteiger partial charge in [0.1, 0.15) is 5.41 Å². The molecular weight excluding hydrogens is 368 g/mol. The summed E-state index contributed by atoms with van der Waals surface area (Å²) in [5, 5.41) is 5.72. The van der Waals surface area contributed by atoms with Crippen LogP contribution in [-0.4, -0.2) is 11.8 Å². The molecule has 1 aliphatic rings. The van der Waals surface area contributed by atoms with Crippen LogP contribution in [0.2, 0.25) is 0 Å². The summed E-state index contributed by atoms with van der Waals surface area (Å²) in [6.45, 7) is 2.08. The first-order valence-electron chi connectivity index (χ1n) is 8.01. The molecule has 0 aliphatic heterocycles. The lowest BCUT2D eigenvalue weighted by atomic mass is 10.0. The molecule has 2 aromatic rings. The lowest BCUT2D eigenvalue weighted by Crippen LogP contribution is -2.35. The van der Waals surface area contributed by atoms with Crippen molar-refractivity contribution in [1.82, 2.24) is 0 Å². The maximum absolute atomic E-state index is 12.6. The van der Waals surface area contributed by atoms with Gasteiger partial charge < -0.3 is 10.6 Å². The van der Waals surface area contributed by atoms with Gasteiger partial charge in [-0.2, -0.15) is 0 Å². The number of anilines is 2. The summed E-state index contributed by atoms with van der Waals surface area (Å²) in [7, 11) is 0. The maximum atomic E-state index is 12.6. The van der Waals surface area contributed by atoms with Gasteiger partial charge in [-0.1, -0.05) is 31.2 Å². The summed E-state index contributed by atoms with van der Waals surface area (Å²) in [6.07, 6.45) is 2.09. The standard InChI is InChI=1S/C19H19BrN2O2/c1-2-13-7-9-14(10-8-13)21-17(23)19(11-12-19)18(24)22-16-6-4-3-5-15(16)20/h3-10H,2,11-12H2,1H3,(H,21,23)(H,22,24). The molecule has 3 rings (SSSR count). The third kappa shape index (κ3) is 3.36. The second-order valence-corrected chi connectivity index (χ2v) is 6.88. The zero-order valence-electron chi connectivity index (χ0n) is 13.4. The molecule has 124 valence electrons. The second-order valence-electron chi connectivity index (χ2n) is 6.02. The van der Waals surface area contributed by atoms with Gasteiger partial charge in [-0.15, -0.1) is 0 Å². The van der Waals surface area contributed by atoms with Gasteiger partial charge in [-0.3, -0.25) is 9.59 Å². The van der Waals surface area contributed by atoms with Crippen LogP contribution in [0.3, 0.4) is 0 Å². The van der Waals surface area contributed by atoms with E-state index in [1.54, 1.807) is 6.07 Å². The van der Waals surface area contributed by atoms with Crippen molar-refractivity contribution in [1.29, 1.82) is 0 Å². The van der Waals surface area contributed by atoms with Crippen molar-refractivity contribution in [2.45, 2.75) is 26.2 Å². The van der Waals surface area contributed by atoms with Gasteiger partial charge in [0, 0.05) is 10.2 Å². The van der Waals surface area contributed by atoms with E-state index >= 15 is 0 Å². The average Bonchev–Trinajstić information content (AvgIpc) is 3.39. The van der Waals surface area contributed by atoms with Crippen LogP contribution < -0.4 is 10.6 Å². The fraction of sp³-hybridized carbons (Fsp3) is 0.263. The lowest BCUT2D eigenvalue weighted by molar-refractivity contribution is -0.131.